The lowest BCUT2D eigenvalue weighted by Crippen LogP contribution is -2.42. The summed E-state index contributed by atoms with van der Waals surface area (Å²) >= 11 is 1.43. The number of rotatable bonds is 8. The Kier molecular flexibility index (Phi) is 7.97. The second-order valence-electron chi connectivity index (χ2n) is 10.9. The maximum Gasteiger partial charge on any atom is 0.337 e. The molecule has 0 radical (unpaired) electrons. The Balaban J connectivity index is 1.63. The van der Waals surface area contributed by atoms with Gasteiger partial charge in [-0.05, 0) is 65.6 Å². The van der Waals surface area contributed by atoms with Crippen LogP contribution < -0.4 is 0 Å². The second kappa shape index (κ2) is 10.7. The van der Waals surface area contributed by atoms with Gasteiger partial charge in [0.1, 0.15) is 4.75 Å². The van der Waals surface area contributed by atoms with Gasteiger partial charge in [0.25, 0.3) is 0 Å². The second-order valence-corrected chi connectivity index (χ2v) is 20.0. The molecule has 3 aromatic rings. The summed E-state index contributed by atoms with van der Waals surface area (Å²) in [5, 5.41) is 1.88. The van der Waals surface area contributed by atoms with Gasteiger partial charge in [-0.15, -0.1) is 11.3 Å². The van der Waals surface area contributed by atoms with Crippen molar-refractivity contribution < 1.29 is 27.5 Å². The van der Waals surface area contributed by atoms with Crippen LogP contribution in [0.5, 0.6) is 0 Å². The number of ether oxygens (including phenoxy) is 2. The highest BCUT2D eigenvalue weighted by Crippen LogP contribution is 2.47. The van der Waals surface area contributed by atoms with E-state index in [1.807, 2.05) is 36.4 Å². The zero-order valence-electron chi connectivity index (χ0n) is 21.8. The summed E-state index contributed by atoms with van der Waals surface area (Å²) in [4.78, 5) is 26.4. The Morgan fingerprint density at radius 3 is 2.43 bits per heavy atom. The van der Waals surface area contributed by atoms with E-state index in [4.69, 9.17) is 9.47 Å². The zero-order valence-corrected chi connectivity index (χ0v) is 24.5. The normalized spacial score (nSPS) is 19.5. The Bertz CT molecular complexity index is 1420. The summed E-state index contributed by atoms with van der Waals surface area (Å²) in [6.45, 7) is 6.99. The van der Waals surface area contributed by atoms with Gasteiger partial charge in [0.15, 0.2) is 9.84 Å². The fraction of sp³-hybridized carbons (Fsp3) is 0.429. The first kappa shape index (κ1) is 27.5. The largest absolute Gasteiger partial charge is 0.466 e. The number of carbonyl (C=O) groups is 2. The number of hydrogen-bond acceptors (Lipinski definition) is 7. The van der Waals surface area contributed by atoms with Crippen LogP contribution in [0.15, 0.2) is 48.5 Å². The molecule has 0 spiro atoms. The number of sulfone groups is 1. The minimum atomic E-state index is -3.53. The van der Waals surface area contributed by atoms with E-state index in [2.05, 4.69) is 19.6 Å². The van der Waals surface area contributed by atoms with E-state index in [1.165, 1.54) is 18.4 Å². The van der Waals surface area contributed by atoms with Crippen LogP contribution in [0.25, 0.3) is 21.2 Å². The van der Waals surface area contributed by atoms with E-state index < -0.39 is 28.6 Å². The number of benzene rings is 2. The molecule has 1 aliphatic heterocycles. The molecule has 2 aromatic carbocycles. The van der Waals surface area contributed by atoms with Crippen molar-refractivity contribution in [1.82, 2.24) is 0 Å². The van der Waals surface area contributed by atoms with E-state index in [9.17, 15) is 18.0 Å². The van der Waals surface area contributed by atoms with Crippen LogP contribution in [0.3, 0.4) is 0 Å². The van der Waals surface area contributed by atoms with Crippen LogP contribution >= 0.6 is 11.3 Å². The van der Waals surface area contributed by atoms with E-state index in [1.54, 1.807) is 12.1 Å². The number of methoxy groups -OCH3 is 1. The molecule has 9 heteroatoms. The average Bonchev–Trinajstić information content (AvgIpc) is 3.34. The summed E-state index contributed by atoms with van der Waals surface area (Å²) in [7, 11) is -3.54. The van der Waals surface area contributed by atoms with Crippen LogP contribution in [0.1, 0.15) is 40.9 Å². The van der Waals surface area contributed by atoms with Crippen LogP contribution in [-0.2, 0) is 28.9 Å². The van der Waals surface area contributed by atoms with Gasteiger partial charge in [0.2, 0.25) is 0 Å². The fourth-order valence-electron chi connectivity index (χ4n) is 4.75. The average molecular weight is 559 g/mol. The lowest BCUT2D eigenvalue weighted by molar-refractivity contribution is -0.144. The summed E-state index contributed by atoms with van der Waals surface area (Å²) in [6.07, 6.45) is 1.65. The number of carbonyl (C=O) groups excluding carboxylic acids is 2. The van der Waals surface area contributed by atoms with Crippen molar-refractivity contribution in [2.75, 3.05) is 19.5 Å². The predicted octanol–water partition coefficient (Wildman–Crippen LogP) is 6.42. The van der Waals surface area contributed by atoms with E-state index in [-0.39, 0.29) is 18.1 Å². The van der Waals surface area contributed by atoms with Crippen LogP contribution in [0.2, 0.25) is 25.7 Å². The minimum absolute atomic E-state index is 0.0842. The Hall–Kier alpha value is -2.49. The Labute approximate surface area is 223 Å². The SMILES string of the molecule is COC(=O)c1ccc2cc(-c3ccc([C@@]4(CC(=O)OCC[Si](C)(C)C)CCCCS4(=O)=O)s3)ccc2c1. The lowest BCUT2D eigenvalue weighted by atomic mass is 9.95. The van der Waals surface area contributed by atoms with Crippen molar-refractivity contribution >= 4 is 52.0 Å². The quantitative estimate of drug-likeness (QED) is 0.234. The van der Waals surface area contributed by atoms with E-state index in [0.717, 1.165) is 33.7 Å². The third-order valence-electron chi connectivity index (χ3n) is 6.98. The molecular formula is C28H34O6S2Si. The fourth-order valence-corrected chi connectivity index (χ4v) is 9.23. The van der Waals surface area contributed by atoms with Crippen molar-refractivity contribution in [3.05, 3.63) is 59.0 Å². The van der Waals surface area contributed by atoms with Crippen LogP contribution in [0, 0.1) is 0 Å². The van der Waals surface area contributed by atoms with Gasteiger partial charge in [-0.25, -0.2) is 13.2 Å². The van der Waals surface area contributed by atoms with Crippen molar-refractivity contribution in [2.45, 2.75) is 56.1 Å². The molecule has 0 saturated carbocycles. The van der Waals surface area contributed by atoms with Crippen molar-refractivity contribution in [1.29, 1.82) is 0 Å². The summed E-state index contributed by atoms with van der Waals surface area (Å²) in [5.41, 5.74) is 1.44. The molecule has 1 aliphatic rings. The third-order valence-corrected chi connectivity index (χ3v) is 12.7. The molecule has 198 valence electrons. The molecule has 1 atom stereocenters. The molecule has 0 aliphatic carbocycles. The summed E-state index contributed by atoms with van der Waals surface area (Å²) in [5.74, 6) is -0.737. The topological polar surface area (TPSA) is 86.7 Å². The van der Waals surface area contributed by atoms with Gasteiger partial charge in [0, 0.05) is 17.8 Å². The maximum atomic E-state index is 13.5. The highest BCUT2D eigenvalue weighted by Gasteiger charge is 2.49. The van der Waals surface area contributed by atoms with Crippen LogP contribution in [0.4, 0.5) is 0 Å². The molecule has 2 heterocycles. The first-order chi connectivity index (χ1) is 17.4. The Morgan fingerprint density at radius 2 is 1.73 bits per heavy atom. The summed E-state index contributed by atoms with van der Waals surface area (Å²) < 4.78 is 36.1. The van der Waals surface area contributed by atoms with Crippen molar-refractivity contribution in [3.63, 3.8) is 0 Å². The van der Waals surface area contributed by atoms with Gasteiger partial charge in [-0.3, -0.25) is 4.79 Å². The molecular weight excluding hydrogens is 525 g/mol. The number of esters is 2. The smallest absolute Gasteiger partial charge is 0.337 e. The molecule has 0 unspecified atom stereocenters. The van der Waals surface area contributed by atoms with Gasteiger partial charge < -0.3 is 9.47 Å². The number of fused-ring (bicyclic) bond motifs is 1. The van der Waals surface area contributed by atoms with Gasteiger partial charge in [-0.1, -0.05) is 44.3 Å². The first-order valence-corrected chi connectivity index (χ1v) is 18.7. The maximum absolute atomic E-state index is 13.5. The van der Waals surface area contributed by atoms with Crippen molar-refractivity contribution in [2.24, 2.45) is 0 Å². The van der Waals surface area contributed by atoms with E-state index >= 15 is 0 Å². The molecule has 37 heavy (non-hydrogen) atoms. The molecule has 6 nitrogen and oxygen atoms in total. The number of thiophene rings is 1. The third kappa shape index (κ3) is 5.99. The Morgan fingerprint density at radius 1 is 1.00 bits per heavy atom. The van der Waals surface area contributed by atoms with E-state index in [0.29, 0.717) is 29.9 Å². The lowest BCUT2D eigenvalue weighted by Gasteiger charge is -2.35. The standard InChI is InChI=1S/C28H34O6S2Si/c1-33-27(30)23-10-8-20-17-22(9-7-21(20)18-23)24-11-12-25(35-24)28(13-5-6-15-36(28,31)32)19-26(29)34-14-16-37(2,3)4/h7-12,17-18H,5-6,13-16,19H2,1-4H3/t28-/m0/s1. The monoisotopic (exact) mass is 558 g/mol. The highest BCUT2D eigenvalue weighted by molar-refractivity contribution is 7.92. The summed E-state index contributed by atoms with van der Waals surface area (Å²) in [6, 6.07) is 16.0. The highest BCUT2D eigenvalue weighted by atomic mass is 32.2. The zero-order chi connectivity index (χ0) is 26.8. The van der Waals surface area contributed by atoms with Crippen LogP contribution in [-0.4, -0.2) is 47.9 Å². The predicted molar refractivity (Wildman–Crippen MR) is 152 cm³/mol. The molecule has 1 fully saturated rings. The molecule has 4 rings (SSSR count). The van der Waals surface area contributed by atoms with Gasteiger partial charge in [0.05, 0.1) is 31.5 Å². The molecule has 0 bridgehead atoms. The molecule has 0 N–H and O–H groups in total. The number of hydrogen-bond donors (Lipinski definition) is 0. The minimum Gasteiger partial charge on any atom is -0.466 e. The van der Waals surface area contributed by atoms with Crippen molar-refractivity contribution in [3.8, 4) is 10.4 Å². The first-order valence-electron chi connectivity index (χ1n) is 12.5. The molecule has 1 saturated heterocycles. The molecule has 0 amide bonds. The molecule has 1 aromatic heterocycles. The van der Waals surface area contributed by atoms with Gasteiger partial charge in [-0.2, -0.15) is 0 Å². The van der Waals surface area contributed by atoms with Gasteiger partial charge >= 0.3 is 11.9 Å².